The van der Waals surface area contributed by atoms with Crippen molar-refractivity contribution in [2.24, 2.45) is 0 Å². The van der Waals surface area contributed by atoms with Crippen LogP contribution < -0.4 is 26.0 Å². The van der Waals surface area contributed by atoms with Crippen LogP contribution >= 0.6 is 0 Å². The first-order chi connectivity index (χ1) is 28.6. The largest absolute Gasteiger partial charge is 0.509 e. The van der Waals surface area contributed by atoms with Gasteiger partial charge in [0.15, 0.2) is 0 Å². The molecule has 0 saturated carbocycles. The van der Waals surface area contributed by atoms with Gasteiger partial charge in [0.2, 0.25) is 0 Å². The second kappa shape index (κ2) is 13.6. The summed E-state index contributed by atoms with van der Waals surface area (Å²) in [5.41, 5.74) is 11.4. The second-order valence-electron chi connectivity index (χ2n) is 15.9. The fraction of sp³-hybridized carbons (Fsp3) is 0.0769. The molecule has 0 fully saturated rings. The monoisotopic (exact) mass is 755 g/mol. The van der Waals surface area contributed by atoms with Gasteiger partial charge in [-0.05, 0) is 103 Å². The Balaban J connectivity index is 1.15. The number of phenolic OH excluding ortho intramolecular Hbond substituents is 2. The molecule has 0 aromatic heterocycles. The number of hydrogen-bond acceptors (Lipinski definition) is 4. The highest BCUT2D eigenvalue weighted by atomic mass is 16.5. The number of fused-ring (bicyclic) bond motifs is 5. The standard InChI is InChI=1S/C52H36B3NO3/c1-51(2)41-21-10-11-22-43(41)59-44-28-25-32(29-42(44)51)31-23-26-35(27-24-31)56(48-45(53)49(57)47(55)50(58)46(48)54)36-16-12-15-34(30-36)52(33-13-4-3-5-14-33)39-19-8-6-17-37(39)38-18-7-9-20-40(38)52/h3-30,57-58H,1-2H3. The molecule has 0 bridgehead atoms. The molecular formula is C52H36B3NO3. The summed E-state index contributed by atoms with van der Waals surface area (Å²) in [5.74, 6) is 0.837. The van der Waals surface area contributed by atoms with E-state index in [0.717, 1.165) is 44.9 Å². The van der Waals surface area contributed by atoms with Gasteiger partial charge in [-0.1, -0.05) is 141 Å². The van der Waals surface area contributed by atoms with Crippen LogP contribution in [0.4, 0.5) is 17.1 Å². The van der Waals surface area contributed by atoms with Gasteiger partial charge >= 0.3 is 0 Å². The Kier molecular flexibility index (Phi) is 8.43. The molecule has 6 radical (unpaired) electrons. The smallest absolute Gasteiger partial charge is 0.131 e. The molecule has 1 heterocycles. The summed E-state index contributed by atoms with van der Waals surface area (Å²) in [7, 11) is 19.5. The van der Waals surface area contributed by atoms with Crippen molar-refractivity contribution in [2.45, 2.75) is 24.7 Å². The molecule has 4 nitrogen and oxygen atoms in total. The quantitative estimate of drug-likeness (QED) is 0.166. The summed E-state index contributed by atoms with van der Waals surface area (Å²) in [6.45, 7) is 4.45. The first-order valence-corrected chi connectivity index (χ1v) is 19.7. The molecule has 0 spiro atoms. The van der Waals surface area contributed by atoms with Crippen LogP contribution in [0.2, 0.25) is 0 Å². The highest BCUT2D eigenvalue weighted by Crippen LogP contribution is 2.56. The molecular weight excluding hydrogens is 719 g/mol. The van der Waals surface area contributed by atoms with Crippen molar-refractivity contribution in [3.63, 3.8) is 0 Å². The molecule has 8 aromatic rings. The Morgan fingerprint density at radius 2 is 1.00 bits per heavy atom. The minimum absolute atomic E-state index is 0.0567. The number of phenols is 2. The van der Waals surface area contributed by atoms with Crippen LogP contribution in [0.25, 0.3) is 22.3 Å². The number of ether oxygens (including phenoxy) is 1. The molecule has 1 aliphatic heterocycles. The third-order valence-electron chi connectivity index (χ3n) is 12.3. The third kappa shape index (κ3) is 5.41. The summed E-state index contributed by atoms with van der Waals surface area (Å²) in [4.78, 5) is 1.88. The number of benzene rings is 8. The molecule has 0 saturated heterocycles. The normalized spacial score (nSPS) is 14.0. The molecule has 2 N–H and O–H groups in total. The second-order valence-corrected chi connectivity index (χ2v) is 15.9. The van der Waals surface area contributed by atoms with E-state index in [1.165, 1.54) is 22.3 Å². The van der Waals surface area contributed by atoms with E-state index in [9.17, 15) is 10.2 Å². The van der Waals surface area contributed by atoms with Crippen LogP contribution in [0.15, 0.2) is 170 Å². The number of anilines is 3. The first kappa shape index (κ1) is 36.5. The maximum absolute atomic E-state index is 11.2. The van der Waals surface area contributed by atoms with Crippen molar-refractivity contribution in [2.75, 3.05) is 4.90 Å². The molecule has 276 valence electrons. The van der Waals surface area contributed by atoms with Gasteiger partial charge in [0, 0.05) is 33.6 Å². The Morgan fingerprint density at radius 3 is 1.66 bits per heavy atom. The van der Waals surface area contributed by atoms with Crippen LogP contribution in [-0.2, 0) is 10.8 Å². The number of aromatic hydroxyl groups is 2. The lowest BCUT2D eigenvalue weighted by atomic mass is 9.67. The van der Waals surface area contributed by atoms with Crippen LogP contribution in [0.1, 0.15) is 47.2 Å². The summed E-state index contributed by atoms with van der Waals surface area (Å²) in [6, 6.07) is 58.6. The van der Waals surface area contributed by atoms with Crippen LogP contribution in [-0.4, -0.2) is 33.8 Å². The fourth-order valence-corrected chi connectivity index (χ4v) is 9.44. The maximum Gasteiger partial charge on any atom is 0.131 e. The summed E-state index contributed by atoms with van der Waals surface area (Å²) < 4.78 is 6.34. The van der Waals surface area contributed by atoms with Gasteiger partial charge < -0.3 is 19.8 Å². The maximum atomic E-state index is 11.2. The highest BCUT2D eigenvalue weighted by molar-refractivity contribution is 6.52. The van der Waals surface area contributed by atoms with Crippen LogP contribution in [0, 0.1) is 0 Å². The minimum Gasteiger partial charge on any atom is -0.509 e. The van der Waals surface area contributed by atoms with Gasteiger partial charge in [0.25, 0.3) is 0 Å². The molecule has 2 aliphatic rings. The van der Waals surface area contributed by atoms with E-state index < -0.39 is 16.9 Å². The Bertz CT molecular complexity index is 2890. The Hall–Kier alpha value is -6.85. The van der Waals surface area contributed by atoms with E-state index in [0.29, 0.717) is 11.4 Å². The van der Waals surface area contributed by atoms with Crippen molar-refractivity contribution < 1.29 is 14.9 Å². The average molecular weight is 755 g/mol. The summed E-state index contributed by atoms with van der Waals surface area (Å²) in [5, 5.41) is 22.3. The number of hydrogen-bond donors (Lipinski definition) is 2. The van der Waals surface area contributed by atoms with E-state index in [1.54, 1.807) is 0 Å². The fourth-order valence-electron chi connectivity index (χ4n) is 9.44. The van der Waals surface area contributed by atoms with Gasteiger partial charge in [-0.15, -0.1) is 0 Å². The molecule has 1 aliphatic carbocycles. The van der Waals surface area contributed by atoms with E-state index in [1.807, 2.05) is 59.5 Å². The van der Waals surface area contributed by atoms with E-state index in [2.05, 4.69) is 129 Å². The highest BCUT2D eigenvalue weighted by Gasteiger charge is 2.46. The predicted molar refractivity (Wildman–Crippen MR) is 242 cm³/mol. The zero-order chi connectivity index (χ0) is 40.6. The predicted octanol–water partition coefficient (Wildman–Crippen LogP) is 9.41. The van der Waals surface area contributed by atoms with Crippen molar-refractivity contribution in [1.82, 2.24) is 0 Å². The Labute approximate surface area is 348 Å². The zero-order valence-electron chi connectivity index (χ0n) is 32.6. The van der Waals surface area contributed by atoms with Crippen LogP contribution in [0.3, 0.4) is 0 Å². The molecule has 59 heavy (non-hydrogen) atoms. The Morgan fingerprint density at radius 1 is 0.458 bits per heavy atom. The number of rotatable bonds is 6. The van der Waals surface area contributed by atoms with Crippen LogP contribution in [0.5, 0.6) is 23.0 Å². The third-order valence-corrected chi connectivity index (χ3v) is 12.3. The van der Waals surface area contributed by atoms with Crippen molar-refractivity contribution in [3.8, 4) is 45.3 Å². The lowest BCUT2D eigenvalue weighted by molar-refractivity contribution is 0.418. The topological polar surface area (TPSA) is 52.9 Å². The lowest BCUT2D eigenvalue weighted by Gasteiger charge is -2.36. The SMILES string of the molecule is [B]c1c(O)c([B])c(N(c2ccc(-c3ccc4c(c3)C(C)(C)c3ccccc3O4)cc2)c2cccc(C3(c4ccccc4)c4ccccc4-c4ccccc43)c2)c([B])c1O. The summed E-state index contributed by atoms with van der Waals surface area (Å²) >= 11 is 0. The van der Waals surface area contributed by atoms with Crippen molar-refractivity contribution in [1.29, 1.82) is 0 Å². The molecule has 10 rings (SSSR count). The molecule has 0 atom stereocenters. The summed E-state index contributed by atoms with van der Waals surface area (Å²) in [6.07, 6.45) is 0. The average Bonchev–Trinajstić information content (AvgIpc) is 3.58. The lowest BCUT2D eigenvalue weighted by Crippen LogP contribution is -2.33. The molecule has 7 heteroatoms. The number of nitrogens with zero attached hydrogens (tertiary/aromatic N) is 1. The van der Waals surface area contributed by atoms with E-state index >= 15 is 0 Å². The van der Waals surface area contributed by atoms with Gasteiger partial charge in [0.05, 0.1) is 5.41 Å². The van der Waals surface area contributed by atoms with Crippen molar-refractivity contribution in [3.05, 3.63) is 203 Å². The molecule has 0 amide bonds. The minimum atomic E-state index is -0.674. The van der Waals surface area contributed by atoms with Gasteiger partial charge in [0.1, 0.15) is 46.5 Å². The van der Waals surface area contributed by atoms with E-state index in [-0.39, 0.29) is 27.5 Å². The van der Waals surface area contributed by atoms with Gasteiger partial charge in [-0.25, -0.2) is 0 Å². The number of para-hydroxylation sites is 1. The van der Waals surface area contributed by atoms with Crippen molar-refractivity contribution >= 4 is 57.0 Å². The van der Waals surface area contributed by atoms with Gasteiger partial charge in [-0.3, -0.25) is 0 Å². The van der Waals surface area contributed by atoms with Gasteiger partial charge in [-0.2, -0.15) is 0 Å². The molecule has 0 unspecified atom stereocenters. The van der Waals surface area contributed by atoms with E-state index in [4.69, 9.17) is 28.3 Å². The zero-order valence-corrected chi connectivity index (χ0v) is 32.6. The molecule has 8 aromatic carbocycles. The first-order valence-electron chi connectivity index (χ1n) is 19.7.